The lowest BCUT2D eigenvalue weighted by atomic mass is 9.61. The molecule has 3 fully saturated rings. The minimum Gasteiger partial charge on any atom is -0.330 e. The molecule has 0 aromatic rings. The Bertz CT molecular complexity index is 275. The molecule has 3 rings (SSSR count). The molecule has 0 heterocycles. The third-order valence-electron chi connectivity index (χ3n) is 5.59. The highest BCUT2D eigenvalue weighted by atomic mass is 14.7. The van der Waals surface area contributed by atoms with Crippen molar-refractivity contribution < 1.29 is 0 Å². The standard InChI is InChI=1S/C14H25N/c1-10-3-11-5-13(2)6-12(11)7-14(4-10,8-13)9-15/h10-12H,3-9,15H2,1-2H3/t10-,11+,12?,13+,14?/m1/s1. The van der Waals surface area contributed by atoms with E-state index in [0.29, 0.717) is 10.8 Å². The average molecular weight is 207 g/mol. The molecule has 86 valence electrons. The van der Waals surface area contributed by atoms with Crippen LogP contribution in [0, 0.1) is 28.6 Å². The zero-order chi connectivity index (χ0) is 10.7. The topological polar surface area (TPSA) is 26.0 Å². The molecular formula is C14H25N. The van der Waals surface area contributed by atoms with Crippen LogP contribution in [0.5, 0.6) is 0 Å². The second kappa shape index (κ2) is 3.00. The van der Waals surface area contributed by atoms with E-state index in [4.69, 9.17) is 5.73 Å². The van der Waals surface area contributed by atoms with Crippen LogP contribution in [0.4, 0.5) is 0 Å². The van der Waals surface area contributed by atoms with E-state index in [0.717, 1.165) is 24.3 Å². The number of hydrogen-bond acceptors (Lipinski definition) is 1. The first-order chi connectivity index (χ1) is 7.04. The van der Waals surface area contributed by atoms with Gasteiger partial charge < -0.3 is 5.73 Å². The van der Waals surface area contributed by atoms with Crippen molar-refractivity contribution in [3.8, 4) is 0 Å². The van der Waals surface area contributed by atoms with Gasteiger partial charge in [-0.15, -0.1) is 0 Å². The molecule has 0 spiro atoms. The van der Waals surface area contributed by atoms with Crippen molar-refractivity contribution in [2.24, 2.45) is 34.3 Å². The molecule has 3 aliphatic rings. The fourth-order valence-corrected chi connectivity index (χ4v) is 5.61. The summed E-state index contributed by atoms with van der Waals surface area (Å²) in [6.45, 7) is 5.92. The first-order valence-corrected chi connectivity index (χ1v) is 6.74. The molecule has 0 saturated heterocycles. The summed E-state index contributed by atoms with van der Waals surface area (Å²) in [6, 6.07) is 0. The summed E-state index contributed by atoms with van der Waals surface area (Å²) in [5.74, 6) is 2.99. The van der Waals surface area contributed by atoms with Gasteiger partial charge in [0.1, 0.15) is 0 Å². The zero-order valence-electron chi connectivity index (χ0n) is 10.3. The summed E-state index contributed by atoms with van der Waals surface area (Å²) in [6.07, 6.45) is 8.78. The number of hydrogen-bond donors (Lipinski definition) is 1. The van der Waals surface area contributed by atoms with Gasteiger partial charge in [-0.2, -0.15) is 0 Å². The quantitative estimate of drug-likeness (QED) is 0.702. The van der Waals surface area contributed by atoms with Crippen LogP contribution in [-0.4, -0.2) is 6.54 Å². The van der Waals surface area contributed by atoms with E-state index >= 15 is 0 Å². The van der Waals surface area contributed by atoms with Crippen molar-refractivity contribution in [2.45, 2.75) is 52.4 Å². The van der Waals surface area contributed by atoms with Crippen LogP contribution >= 0.6 is 0 Å². The van der Waals surface area contributed by atoms with Crippen molar-refractivity contribution in [2.75, 3.05) is 6.54 Å². The number of fused-ring (bicyclic) bond motifs is 2. The van der Waals surface area contributed by atoms with Crippen LogP contribution in [0.1, 0.15) is 52.4 Å². The molecule has 0 aliphatic heterocycles. The van der Waals surface area contributed by atoms with Gasteiger partial charge in [-0.25, -0.2) is 0 Å². The molecule has 1 nitrogen and oxygen atoms in total. The van der Waals surface area contributed by atoms with Gasteiger partial charge in [0.25, 0.3) is 0 Å². The molecule has 2 unspecified atom stereocenters. The Morgan fingerprint density at radius 3 is 2.60 bits per heavy atom. The fourth-order valence-electron chi connectivity index (χ4n) is 5.61. The second-order valence-corrected chi connectivity index (χ2v) is 7.37. The summed E-state index contributed by atoms with van der Waals surface area (Å²) in [5.41, 5.74) is 7.31. The Labute approximate surface area is 93.8 Å². The molecule has 0 aromatic carbocycles. The van der Waals surface area contributed by atoms with Crippen molar-refractivity contribution in [3.63, 3.8) is 0 Å². The van der Waals surface area contributed by atoms with Gasteiger partial charge in [-0.05, 0) is 73.7 Å². The Kier molecular flexibility index (Phi) is 2.03. The van der Waals surface area contributed by atoms with Crippen LogP contribution in [-0.2, 0) is 0 Å². The van der Waals surface area contributed by atoms with Crippen molar-refractivity contribution >= 4 is 0 Å². The summed E-state index contributed by atoms with van der Waals surface area (Å²) in [4.78, 5) is 0. The van der Waals surface area contributed by atoms with Crippen LogP contribution in [0.25, 0.3) is 0 Å². The van der Waals surface area contributed by atoms with Gasteiger partial charge in [-0.1, -0.05) is 13.8 Å². The Hall–Kier alpha value is -0.0400. The summed E-state index contributed by atoms with van der Waals surface area (Å²) >= 11 is 0. The first kappa shape index (κ1) is 10.1. The fraction of sp³-hybridized carbons (Fsp3) is 1.00. The van der Waals surface area contributed by atoms with Gasteiger partial charge in [0.05, 0.1) is 0 Å². The van der Waals surface area contributed by atoms with Crippen molar-refractivity contribution in [1.29, 1.82) is 0 Å². The SMILES string of the molecule is C[C@@H]1C[C@H]2C[C@@]3(C)CC2CC(CN)(C1)C3. The monoisotopic (exact) mass is 207 g/mol. The third kappa shape index (κ3) is 1.46. The summed E-state index contributed by atoms with van der Waals surface area (Å²) in [5, 5.41) is 0. The predicted octanol–water partition coefficient (Wildman–Crippen LogP) is 3.19. The lowest BCUT2D eigenvalue weighted by Gasteiger charge is -2.45. The highest BCUT2D eigenvalue weighted by Gasteiger charge is 2.55. The van der Waals surface area contributed by atoms with Crippen LogP contribution in [0.3, 0.4) is 0 Å². The van der Waals surface area contributed by atoms with Gasteiger partial charge in [0.2, 0.25) is 0 Å². The second-order valence-electron chi connectivity index (χ2n) is 7.37. The predicted molar refractivity (Wildman–Crippen MR) is 63.4 cm³/mol. The molecule has 0 amide bonds. The van der Waals surface area contributed by atoms with Gasteiger partial charge >= 0.3 is 0 Å². The normalized spacial score (nSPS) is 58.2. The Balaban J connectivity index is 1.97. The molecule has 0 aromatic heterocycles. The van der Waals surface area contributed by atoms with E-state index in [1.165, 1.54) is 38.5 Å². The lowest BCUT2D eigenvalue weighted by Crippen LogP contribution is -2.40. The molecule has 1 heteroatoms. The smallest absolute Gasteiger partial charge is 0.00201 e. The molecule has 0 radical (unpaired) electrons. The van der Waals surface area contributed by atoms with Gasteiger partial charge in [0.15, 0.2) is 0 Å². The maximum Gasteiger partial charge on any atom is -0.00201 e. The summed E-state index contributed by atoms with van der Waals surface area (Å²) < 4.78 is 0. The zero-order valence-corrected chi connectivity index (χ0v) is 10.3. The third-order valence-corrected chi connectivity index (χ3v) is 5.59. The maximum absolute atomic E-state index is 6.12. The van der Waals surface area contributed by atoms with E-state index in [1.807, 2.05) is 0 Å². The maximum atomic E-state index is 6.12. The number of nitrogens with two attached hydrogens (primary N) is 1. The number of rotatable bonds is 1. The minimum absolute atomic E-state index is 0.530. The minimum atomic E-state index is 0.530. The highest BCUT2D eigenvalue weighted by Crippen LogP contribution is 2.64. The average Bonchev–Trinajstić information content (AvgIpc) is 2.30. The van der Waals surface area contributed by atoms with E-state index in [2.05, 4.69) is 13.8 Å². The van der Waals surface area contributed by atoms with E-state index in [-0.39, 0.29) is 0 Å². The summed E-state index contributed by atoms with van der Waals surface area (Å²) in [7, 11) is 0. The molecule has 3 aliphatic carbocycles. The van der Waals surface area contributed by atoms with E-state index in [1.54, 1.807) is 0 Å². The Morgan fingerprint density at radius 1 is 1.13 bits per heavy atom. The highest BCUT2D eigenvalue weighted by molar-refractivity contribution is 5.06. The molecule has 5 atom stereocenters. The van der Waals surface area contributed by atoms with Crippen LogP contribution in [0.2, 0.25) is 0 Å². The largest absolute Gasteiger partial charge is 0.330 e. The molecule has 3 saturated carbocycles. The van der Waals surface area contributed by atoms with Gasteiger partial charge in [0, 0.05) is 0 Å². The van der Waals surface area contributed by atoms with Crippen LogP contribution in [0.15, 0.2) is 0 Å². The van der Waals surface area contributed by atoms with Crippen molar-refractivity contribution in [3.05, 3.63) is 0 Å². The molecular weight excluding hydrogens is 182 g/mol. The molecule has 2 N–H and O–H groups in total. The molecule has 15 heavy (non-hydrogen) atoms. The molecule has 3 bridgehead atoms. The van der Waals surface area contributed by atoms with Crippen LogP contribution < -0.4 is 5.73 Å². The Morgan fingerprint density at radius 2 is 1.87 bits per heavy atom. The van der Waals surface area contributed by atoms with E-state index < -0.39 is 0 Å². The van der Waals surface area contributed by atoms with Crippen molar-refractivity contribution in [1.82, 2.24) is 0 Å². The lowest BCUT2D eigenvalue weighted by molar-refractivity contribution is 0.0661. The first-order valence-electron chi connectivity index (χ1n) is 6.74. The van der Waals surface area contributed by atoms with Gasteiger partial charge in [-0.3, -0.25) is 0 Å². The van der Waals surface area contributed by atoms with E-state index in [9.17, 15) is 0 Å².